The molecule has 0 unspecified atom stereocenters. The van der Waals surface area contributed by atoms with Crippen molar-refractivity contribution in [2.45, 2.75) is 36.6 Å². The number of amides is 1. The van der Waals surface area contributed by atoms with Crippen molar-refractivity contribution in [3.63, 3.8) is 0 Å². The van der Waals surface area contributed by atoms with Gasteiger partial charge in [0.15, 0.2) is 0 Å². The third-order valence-corrected chi connectivity index (χ3v) is 7.34. The molecule has 4 rings (SSSR count). The summed E-state index contributed by atoms with van der Waals surface area (Å²) < 4.78 is 28.1. The quantitative estimate of drug-likeness (QED) is 0.866. The van der Waals surface area contributed by atoms with Gasteiger partial charge >= 0.3 is 0 Å². The topological polar surface area (TPSA) is 92.3 Å². The van der Waals surface area contributed by atoms with Gasteiger partial charge in [0.25, 0.3) is 5.91 Å². The number of piperidine rings is 1. The van der Waals surface area contributed by atoms with Gasteiger partial charge in [0.1, 0.15) is 5.69 Å². The number of aromatic nitrogens is 2. The Balaban J connectivity index is 1.41. The second kappa shape index (κ2) is 7.01. The maximum atomic E-state index is 12.6. The highest BCUT2D eigenvalue weighted by atomic mass is 32.2. The largest absolute Gasteiger partial charge is 0.337 e. The van der Waals surface area contributed by atoms with E-state index >= 15 is 0 Å². The molecule has 2 aliphatic rings. The number of likely N-dealkylation sites (tertiary alicyclic amines) is 1. The number of nitrogens with zero attached hydrogens (tertiary/aromatic N) is 3. The third kappa shape index (κ3) is 3.46. The summed E-state index contributed by atoms with van der Waals surface area (Å²) in [5.41, 5.74) is 0.296. The molecule has 0 bridgehead atoms. The second-order valence-corrected chi connectivity index (χ2v) is 8.98. The Morgan fingerprint density at radius 2 is 1.85 bits per heavy atom. The van der Waals surface area contributed by atoms with Crippen LogP contribution in [0.5, 0.6) is 0 Å². The first-order valence-electron chi connectivity index (χ1n) is 9.13. The summed E-state index contributed by atoms with van der Waals surface area (Å²) in [4.78, 5) is 22.6. The van der Waals surface area contributed by atoms with Crippen LogP contribution in [0.2, 0.25) is 0 Å². The first-order valence-corrected chi connectivity index (χ1v) is 10.6. The summed E-state index contributed by atoms with van der Waals surface area (Å²) in [5.74, 6) is -0.112. The van der Waals surface area contributed by atoms with Gasteiger partial charge in [-0.25, -0.2) is 18.1 Å². The number of carbonyl (C=O) groups excluding carboxylic acids is 1. The van der Waals surface area contributed by atoms with Gasteiger partial charge in [-0.2, -0.15) is 0 Å². The lowest BCUT2D eigenvalue weighted by Crippen LogP contribution is -2.59. The Morgan fingerprint density at radius 1 is 1.11 bits per heavy atom. The van der Waals surface area contributed by atoms with Gasteiger partial charge in [-0.15, -0.1) is 0 Å². The summed E-state index contributed by atoms with van der Waals surface area (Å²) in [6, 6.07) is 8.39. The summed E-state index contributed by atoms with van der Waals surface area (Å²) in [6.07, 6.45) is 7.94. The van der Waals surface area contributed by atoms with Crippen LogP contribution in [0.1, 0.15) is 36.2 Å². The molecule has 2 aromatic rings. The molecule has 1 saturated heterocycles. The van der Waals surface area contributed by atoms with Crippen LogP contribution in [0.3, 0.4) is 0 Å². The van der Waals surface area contributed by atoms with E-state index in [0.29, 0.717) is 23.7 Å². The molecule has 1 spiro atoms. The fourth-order valence-electron chi connectivity index (χ4n) is 4.06. The van der Waals surface area contributed by atoms with Gasteiger partial charge in [-0.3, -0.25) is 9.78 Å². The third-order valence-electron chi connectivity index (χ3n) is 5.85. The van der Waals surface area contributed by atoms with Gasteiger partial charge < -0.3 is 4.90 Å². The summed E-state index contributed by atoms with van der Waals surface area (Å²) in [7, 11) is -3.52. The number of carbonyl (C=O) groups is 1. The van der Waals surface area contributed by atoms with E-state index in [0.717, 1.165) is 25.7 Å². The number of hydrogen-bond donors (Lipinski definition) is 1. The van der Waals surface area contributed by atoms with Crippen molar-refractivity contribution < 1.29 is 13.2 Å². The molecule has 1 N–H and O–H groups in total. The van der Waals surface area contributed by atoms with Crippen molar-refractivity contribution in [2.24, 2.45) is 5.41 Å². The van der Waals surface area contributed by atoms with Gasteiger partial charge in [-0.1, -0.05) is 18.2 Å². The maximum Gasteiger partial charge on any atom is 0.274 e. The van der Waals surface area contributed by atoms with Crippen LogP contribution in [-0.2, 0) is 10.0 Å². The molecule has 1 aromatic carbocycles. The molecule has 1 atom stereocenters. The molecular weight excluding hydrogens is 364 g/mol. The predicted octanol–water partition coefficient (Wildman–Crippen LogP) is 1.84. The van der Waals surface area contributed by atoms with E-state index < -0.39 is 10.0 Å². The molecule has 1 aliphatic carbocycles. The molecule has 1 amide bonds. The summed E-state index contributed by atoms with van der Waals surface area (Å²) >= 11 is 0. The van der Waals surface area contributed by atoms with E-state index in [9.17, 15) is 13.2 Å². The van der Waals surface area contributed by atoms with E-state index in [2.05, 4.69) is 14.7 Å². The van der Waals surface area contributed by atoms with Crippen LogP contribution < -0.4 is 4.72 Å². The average Bonchev–Trinajstić information content (AvgIpc) is 2.72. The summed E-state index contributed by atoms with van der Waals surface area (Å²) in [6.45, 7) is 1.22. The van der Waals surface area contributed by atoms with Gasteiger partial charge in [-0.05, 0) is 43.2 Å². The molecular formula is C19H22N4O3S. The Labute approximate surface area is 158 Å². The zero-order valence-corrected chi connectivity index (χ0v) is 15.7. The summed E-state index contributed by atoms with van der Waals surface area (Å²) in [5, 5.41) is 0. The standard InChI is InChI=1S/C19H22N4O3S/c24-18(16-14-20-10-11-21-16)23-12-8-19(9-13-23)7-6-17(19)22-27(25,26)15-4-2-1-3-5-15/h1-5,10-11,14,17,22H,6-9,12-13H2/t17-/m1/s1. The van der Waals surface area contributed by atoms with Crippen LogP contribution in [0, 0.1) is 5.41 Å². The molecule has 2 heterocycles. The van der Waals surface area contributed by atoms with Gasteiger partial charge in [0.2, 0.25) is 10.0 Å². The number of benzene rings is 1. The number of sulfonamides is 1. The number of nitrogens with one attached hydrogen (secondary N) is 1. The highest BCUT2D eigenvalue weighted by molar-refractivity contribution is 7.89. The van der Waals surface area contributed by atoms with Crippen molar-refractivity contribution in [1.82, 2.24) is 19.6 Å². The van der Waals surface area contributed by atoms with E-state index in [-0.39, 0.29) is 17.4 Å². The maximum absolute atomic E-state index is 12.6. The molecule has 7 nitrogen and oxygen atoms in total. The fourth-order valence-corrected chi connectivity index (χ4v) is 5.45. The molecule has 27 heavy (non-hydrogen) atoms. The zero-order chi connectivity index (χ0) is 18.9. The predicted molar refractivity (Wildman–Crippen MR) is 99.4 cm³/mol. The SMILES string of the molecule is O=C(c1cnccn1)N1CCC2(CC[C@H]2NS(=O)(=O)c2ccccc2)CC1. The van der Waals surface area contributed by atoms with E-state index in [1.54, 1.807) is 41.4 Å². The van der Waals surface area contributed by atoms with E-state index in [1.165, 1.54) is 12.4 Å². The van der Waals surface area contributed by atoms with Crippen LogP contribution in [0.25, 0.3) is 0 Å². The average molecular weight is 386 g/mol. The fraction of sp³-hybridized carbons (Fsp3) is 0.421. The molecule has 1 aliphatic heterocycles. The second-order valence-electron chi connectivity index (χ2n) is 7.27. The minimum atomic E-state index is -3.52. The Morgan fingerprint density at radius 3 is 2.44 bits per heavy atom. The van der Waals surface area contributed by atoms with Crippen molar-refractivity contribution in [1.29, 1.82) is 0 Å². The highest BCUT2D eigenvalue weighted by Gasteiger charge is 2.50. The smallest absolute Gasteiger partial charge is 0.274 e. The van der Waals surface area contributed by atoms with Gasteiger partial charge in [0, 0.05) is 31.5 Å². The van der Waals surface area contributed by atoms with Crippen LogP contribution >= 0.6 is 0 Å². The van der Waals surface area contributed by atoms with Crippen LogP contribution in [0.15, 0.2) is 53.8 Å². The van der Waals surface area contributed by atoms with Crippen molar-refractivity contribution in [2.75, 3.05) is 13.1 Å². The van der Waals surface area contributed by atoms with Crippen molar-refractivity contribution in [3.05, 3.63) is 54.6 Å². The van der Waals surface area contributed by atoms with Crippen LogP contribution in [0.4, 0.5) is 0 Å². The molecule has 2 fully saturated rings. The van der Waals surface area contributed by atoms with Crippen molar-refractivity contribution in [3.8, 4) is 0 Å². The highest BCUT2D eigenvalue weighted by Crippen LogP contribution is 2.49. The minimum Gasteiger partial charge on any atom is -0.337 e. The molecule has 8 heteroatoms. The molecule has 1 saturated carbocycles. The Bertz CT molecular complexity index is 910. The lowest BCUT2D eigenvalue weighted by Gasteiger charge is -2.53. The lowest BCUT2D eigenvalue weighted by molar-refractivity contribution is 0.00487. The Kier molecular flexibility index (Phi) is 4.69. The van der Waals surface area contributed by atoms with E-state index in [1.807, 2.05) is 0 Å². The van der Waals surface area contributed by atoms with Gasteiger partial charge in [0.05, 0.1) is 11.1 Å². The van der Waals surface area contributed by atoms with Crippen LogP contribution in [-0.4, -0.2) is 48.3 Å². The normalized spacial score (nSPS) is 21.6. The molecule has 0 radical (unpaired) electrons. The lowest BCUT2D eigenvalue weighted by atomic mass is 9.59. The first kappa shape index (κ1) is 18.1. The monoisotopic (exact) mass is 386 g/mol. The first-order chi connectivity index (χ1) is 13.0. The zero-order valence-electron chi connectivity index (χ0n) is 14.9. The molecule has 1 aromatic heterocycles. The minimum absolute atomic E-state index is 0.0546. The molecule has 142 valence electrons. The number of hydrogen-bond acceptors (Lipinski definition) is 5. The van der Waals surface area contributed by atoms with E-state index in [4.69, 9.17) is 0 Å². The Hall–Kier alpha value is -2.32. The number of rotatable bonds is 4. The van der Waals surface area contributed by atoms with Crippen molar-refractivity contribution >= 4 is 15.9 Å².